The molecule has 8 nitrogen and oxygen atoms in total. The molecule has 2 aliphatic heterocycles. The summed E-state index contributed by atoms with van der Waals surface area (Å²) in [6, 6.07) is 3.73. The van der Waals surface area contributed by atoms with Crippen molar-refractivity contribution in [3.05, 3.63) is 29.3 Å². The molecule has 0 saturated carbocycles. The lowest BCUT2D eigenvalue weighted by atomic mass is 10.2. The van der Waals surface area contributed by atoms with Crippen molar-refractivity contribution in [2.45, 2.75) is 43.7 Å². The van der Waals surface area contributed by atoms with Crippen LogP contribution in [0.4, 0.5) is 0 Å². The van der Waals surface area contributed by atoms with Gasteiger partial charge in [0.05, 0.1) is 33.9 Å². The van der Waals surface area contributed by atoms with Crippen molar-refractivity contribution in [3.63, 3.8) is 0 Å². The number of nitrogens with one attached hydrogen (secondary N) is 1. The van der Waals surface area contributed by atoms with Crippen molar-refractivity contribution in [1.29, 1.82) is 0 Å². The van der Waals surface area contributed by atoms with Crippen LogP contribution in [0.25, 0.3) is 0 Å². The Balaban J connectivity index is 1.99. The number of hydrazine groups is 1. The van der Waals surface area contributed by atoms with E-state index in [1.165, 1.54) is 0 Å². The summed E-state index contributed by atoms with van der Waals surface area (Å²) in [6.07, 6.45) is 0.472. The van der Waals surface area contributed by atoms with Gasteiger partial charge >= 0.3 is 0 Å². The second-order valence-electron chi connectivity index (χ2n) is 7.36. The zero-order chi connectivity index (χ0) is 20.0. The van der Waals surface area contributed by atoms with Gasteiger partial charge in [-0.1, -0.05) is 12.1 Å². The molecule has 0 aliphatic carbocycles. The van der Waals surface area contributed by atoms with E-state index in [0.717, 1.165) is 9.98 Å². The molecule has 2 heterocycles. The third-order valence-electron chi connectivity index (χ3n) is 4.96. The highest BCUT2D eigenvalue weighted by Gasteiger charge is 2.42. The van der Waals surface area contributed by atoms with Crippen LogP contribution in [0.5, 0.6) is 0 Å². The van der Waals surface area contributed by atoms with Gasteiger partial charge in [-0.3, -0.25) is 0 Å². The van der Waals surface area contributed by atoms with Gasteiger partial charge in [0.2, 0.25) is 0 Å². The highest BCUT2D eigenvalue weighted by molar-refractivity contribution is 7.92. The minimum atomic E-state index is -4.05. The lowest BCUT2D eigenvalue weighted by molar-refractivity contribution is 0.229. The Kier molecular flexibility index (Phi) is 5.45. The van der Waals surface area contributed by atoms with Gasteiger partial charge < -0.3 is 0 Å². The summed E-state index contributed by atoms with van der Waals surface area (Å²) in [5, 5.41) is 0. The molecule has 152 valence electrons. The van der Waals surface area contributed by atoms with Crippen molar-refractivity contribution < 1.29 is 25.3 Å². The van der Waals surface area contributed by atoms with Gasteiger partial charge in [0.1, 0.15) is 0 Å². The molecule has 1 N–H and O–H groups in total. The Morgan fingerprint density at radius 2 is 1.63 bits per heavy atom. The number of rotatable bonds is 5. The fourth-order valence-corrected chi connectivity index (χ4v) is 8.84. The first-order valence-electron chi connectivity index (χ1n) is 8.68. The molecule has 0 amide bonds. The van der Waals surface area contributed by atoms with E-state index in [-0.39, 0.29) is 34.3 Å². The van der Waals surface area contributed by atoms with Crippen LogP contribution in [0.2, 0.25) is 0 Å². The van der Waals surface area contributed by atoms with E-state index in [1.54, 1.807) is 32.0 Å². The van der Waals surface area contributed by atoms with Crippen LogP contribution in [0.15, 0.2) is 23.1 Å². The van der Waals surface area contributed by atoms with Crippen LogP contribution >= 0.6 is 0 Å². The van der Waals surface area contributed by atoms with Gasteiger partial charge in [0.25, 0.3) is 10.0 Å². The maximum absolute atomic E-state index is 13.4. The number of sulfonamides is 1. The van der Waals surface area contributed by atoms with Crippen LogP contribution in [-0.2, 0) is 29.7 Å². The van der Waals surface area contributed by atoms with Gasteiger partial charge in [0, 0.05) is 6.04 Å². The molecule has 0 unspecified atom stereocenters. The molecule has 2 fully saturated rings. The molecular weight excluding hydrogens is 412 g/mol. The van der Waals surface area contributed by atoms with Crippen molar-refractivity contribution in [3.8, 4) is 0 Å². The Labute approximate surface area is 160 Å². The van der Waals surface area contributed by atoms with E-state index < -0.39 is 41.8 Å². The van der Waals surface area contributed by atoms with Gasteiger partial charge in [-0.05, 0) is 43.9 Å². The number of hydrogen-bond donors (Lipinski definition) is 1. The first-order valence-corrected chi connectivity index (χ1v) is 13.8. The SMILES string of the molecule is Cc1ccc(C)c(S(=O)(=O)N(N[C@H]2CCS(=O)(=O)C2)[C@@H]2CCS(=O)(=O)C2)c1. The quantitative estimate of drug-likeness (QED) is 0.654. The average molecular weight is 437 g/mol. The number of aryl methyl sites for hydroxylation is 2. The molecule has 0 bridgehead atoms. The van der Waals surface area contributed by atoms with Crippen LogP contribution in [-0.4, -0.2) is 64.8 Å². The Morgan fingerprint density at radius 1 is 1.00 bits per heavy atom. The minimum Gasteiger partial charge on any atom is -0.237 e. The summed E-state index contributed by atoms with van der Waals surface area (Å²) >= 11 is 0. The van der Waals surface area contributed by atoms with Crippen LogP contribution < -0.4 is 5.43 Å². The number of sulfone groups is 2. The predicted octanol–water partition coefficient (Wildman–Crippen LogP) is 0.173. The van der Waals surface area contributed by atoms with Gasteiger partial charge in [-0.15, -0.1) is 4.41 Å². The van der Waals surface area contributed by atoms with E-state index in [9.17, 15) is 25.3 Å². The lowest BCUT2D eigenvalue weighted by Gasteiger charge is -2.31. The third kappa shape index (κ3) is 4.53. The average Bonchev–Trinajstić information content (AvgIpc) is 3.08. The topological polar surface area (TPSA) is 118 Å². The molecule has 0 aromatic heterocycles. The predicted molar refractivity (Wildman–Crippen MR) is 102 cm³/mol. The smallest absolute Gasteiger partial charge is 0.237 e. The fraction of sp³-hybridized carbons (Fsp3) is 0.625. The number of hydrogen-bond acceptors (Lipinski definition) is 7. The monoisotopic (exact) mass is 436 g/mol. The zero-order valence-corrected chi connectivity index (χ0v) is 17.7. The summed E-state index contributed by atoms with van der Waals surface area (Å²) in [5.74, 6) is -0.527. The second kappa shape index (κ2) is 7.11. The molecule has 2 saturated heterocycles. The van der Waals surface area contributed by atoms with Crippen molar-refractivity contribution in [2.24, 2.45) is 0 Å². The minimum absolute atomic E-state index is 0.00894. The maximum Gasteiger partial charge on any atom is 0.256 e. The normalized spacial score (nSPS) is 27.2. The summed E-state index contributed by atoms with van der Waals surface area (Å²) in [5.41, 5.74) is 4.15. The zero-order valence-electron chi connectivity index (χ0n) is 15.3. The maximum atomic E-state index is 13.4. The summed E-state index contributed by atoms with van der Waals surface area (Å²) in [7, 11) is -10.6. The molecule has 27 heavy (non-hydrogen) atoms. The molecular formula is C16H24N2O6S3. The van der Waals surface area contributed by atoms with Gasteiger partial charge in [-0.2, -0.15) is 0 Å². The van der Waals surface area contributed by atoms with Gasteiger partial charge in [-0.25, -0.2) is 30.7 Å². The van der Waals surface area contributed by atoms with E-state index in [1.807, 2.05) is 0 Å². The summed E-state index contributed by atoms with van der Waals surface area (Å²) in [4.78, 5) is 0.0974. The largest absolute Gasteiger partial charge is 0.256 e. The third-order valence-corrected chi connectivity index (χ3v) is 10.4. The van der Waals surface area contributed by atoms with E-state index in [4.69, 9.17) is 0 Å². The van der Waals surface area contributed by atoms with Crippen molar-refractivity contribution >= 4 is 29.7 Å². The Hall–Kier alpha value is -1.01. The Morgan fingerprint density at radius 3 is 2.19 bits per heavy atom. The molecule has 2 aliphatic rings. The highest BCUT2D eigenvalue weighted by atomic mass is 32.2. The standard InChI is InChI=1S/C16H24N2O6S3/c1-12-3-4-13(2)16(9-12)27(23,24)18(15-6-8-26(21,22)11-15)17-14-5-7-25(19,20)10-14/h3-4,9,14-15,17H,5-8,10-11H2,1-2H3/t14-,15+/m0/s1. The lowest BCUT2D eigenvalue weighted by Crippen LogP contribution is -2.54. The number of benzene rings is 1. The van der Waals surface area contributed by atoms with Crippen molar-refractivity contribution in [2.75, 3.05) is 23.0 Å². The van der Waals surface area contributed by atoms with Crippen LogP contribution in [0.1, 0.15) is 24.0 Å². The van der Waals surface area contributed by atoms with E-state index in [2.05, 4.69) is 5.43 Å². The fourth-order valence-electron chi connectivity index (χ4n) is 3.50. The first kappa shape index (κ1) is 20.7. The summed E-state index contributed by atoms with van der Waals surface area (Å²) < 4.78 is 75.1. The second-order valence-corrected chi connectivity index (χ2v) is 13.6. The molecule has 1 aromatic carbocycles. The Bertz CT molecular complexity index is 1050. The molecule has 3 rings (SSSR count). The van der Waals surface area contributed by atoms with Crippen LogP contribution in [0, 0.1) is 13.8 Å². The highest BCUT2D eigenvalue weighted by Crippen LogP contribution is 2.27. The summed E-state index contributed by atoms with van der Waals surface area (Å²) in [6.45, 7) is 3.45. The van der Waals surface area contributed by atoms with E-state index in [0.29, 0.717) is 12.0 Å². The molecule has 0 spiro atoms. The number of nitrogens with zero attached hydrogens (tertiary/aromatic N) is 1. The molecule has 11 heteroatoms. The first-order chi connectivity index (χ1) is 12.4. The van der Waals surface area contributed by atoms with Gasteiger partial charge in [0.15, 0.2) is 19.7 Å². The van der Waals surface area contributed by atoms with E-state index >= 15 is 0 Å². The molecule has 2 atom stereocenters. The van der Waals surface area contributed by atoms with Crippen LogP contribution in [0.3, 0.4) is 0 Å². The molecule has 0 radical (unpaired) electrons. The van der Waals surface area contributed by atoms with Crippen molar-refractivity contribution in [1.82, 2.24) is 9.84 Å². The molecule has 1 aromatic rings.